The quantitative estimate of drug-likeness (QED) is 0.879. The van der Waals surface area contributed by atoms with Crippen LogP contribution in [0.1, 0.15) is 12.8 Å². The van der Waals surface area contributed by atoms with Crippen molar-refractivity contribution < 1.29 is 22.7 Å². The molecule has 1 heterocycles. The lowest BCUT2D eigenvalue weighted by Gasteiger charge is -2.29. The standard InChI is InChI=1S/C12H14ClFN2O4S/c13-10-6-9(3-4-11(10)14)15-21(19,20)16-5-1-2-8(7-16)12(17)18/h3-4,6,8,15H,1-2,5,7H2,(H,17,18). The minimum Gasteiger partial charge on any atom is -0.481 e. The molecular weight excluding hydrogens is 323 g/mol. The van der Waals surface area contributed by atoms with Gasteiger partial charge in [0.2, 0.25) is 0 Å². The highest BCUT2D eigenvalue weighted by atomic mass is 35.5. The van der Waals surface area contributed by atoms with Crippen LogP contribution in [0, 0.1) is 11.7 Å². The Kier molecular flexibility index (Phi) is 4.70. The predicted molar refractivity (Wildman–Crippen MR) is 75.9 cm³/mol. The van der Waals surface area contributed by atoms with E-state index in [1.807, 2.05) is 0 Å². The smallest absolute Gasteiger partial charge is 0.307 e. The minimum absolute atomic E-state index is 0.0837. The van der Waals surface area contributed by atoms with Crippen molar-refractivity contribution in [3.63, 3.8) is 0 Å². The summed E-state index contributed by atoms with van der Waals surface area (Å²) >= 11 is 5.59. The molecule has 1 aliphatic heterocycles. The second-order valence-corrected chi connectivity index (χ2v) is 6.85. The molecule has 1 aromatic rings. The van der Waals surface area contributed by atoms with Crippen LogP contribution in [0.3, 0.4) is 0 Å². The summed E-state index contributed by atoms with van der Waals surface area (Å²) in [5.74, 6) is -2.38. The van der Waals surface area contributed by atoms with Crippen molar-refractivity contribution in [2.45, 2.75) is 12.8 Å². The van der Waals surface area contributed by atoms with E-state index in [0.717, 1.165) is 16.4 Å². The molecule has 1 saturated heterocycles. The van der Waals surface area contributed by atoms with Gasteiger partial charge < -0.3 is 5.11 Å². The molecule has 6 nitrogen and oxygen atoms in total. The number of carboxylic acid groups (broad SMARTS) is 1. The van der Waals surface area contributed by atoms with E-state index in [4.69, 9.17) is 16.7 Å². The molecule has 116 valence electrons. The molecule has 9 heteroatoms. The molecule has 1 atom stereocenters. The Morgan fingerprint density at radius 2 is 2.19 bits per heavy atom. The molecule has 1 unspecified atom stereocenters. The fraction of sp³-hybridized carbons (Fsp3) is 0.417. The summed E-state index contributed by atoms with van der Waals surface area (Å²) in [5.41, 5.74) is 0.124. The number of carbonyl (C=O) groups is 1. The first-order valence-corrected chi connectivity index (χ1v) is 8.07. The Morgan fingerprint density at radius 3 is 2.81 bits per heavy atom. The van der Waals surface area contributed by atoms with Gasteiger partial charge in [0.05, 0.1) is 16.6 Å². The lowest BCUT2D eigenvalue weighted by molar-refractivity contribution is -0.142. The van der Waals surface area contributed by atoms with E-state index in [1.165, 1.54) is 6.07 Å². The molecule has 0 aliphatic carbocycles. The Balaban J connectivity index is 2.14. The minimum atomic E-state index is -3.89. The normalized spacial score (nSPS) is 20.2. The molecule has 0 spiro atoms. The summed E-state index contributed by atoms with van der Waals surface area (Å²) in [7, 11) is -3.89. The number of benzene rings is 1. The molecule has 1 aliphatic rings. The summed E-state index contributed by atoms with van der Waals surface area (Å²) in [6.45, 7) is 0.160. The maximum atomic E-state index is 13.0. The van der Waals surface area contributed by atoms with Crippen molar-refractivity contribution in [1.82, 2.24) is 4.31 Å². The molecule has 0 aromatic heterocycles. The molecule has 2 rings (SSSR count). The highest BCUT2D eigenvalue weighted by Crippen LogP contribution is 2.23. The number of nitrogens with zero attached hydrogens (tertiary/aromatic N) is 1. The predicted octanol–water partition coefficient (Wildman–Crippen LogP) is 1.93. The van der Waals surface area contributed by atoms with E-state index in [1.54, 1.807) is 0 Å². The SMILES string of the molecule is O=C(O)C1CCCN(S(=O)(=O)Nc2ccc(F)c(Cl)c2)C1. The van der Waals surface area contributed by atoms with Crippen molar-refractivity contribution >= 4 is 33.5 Å². The van der Waals surface area contributed by atoms with Crippen LogP contribution in [0.2, 0.25) is 5.02 Å². The number of halogens is 2. The van der Waals surface area contributed by atoms with E-state index >= 15 is 0 Å². The molecule has 1 aromatic carbocycles. The summed E-state index contributed by atoms with van der Waals surface area (Å²) in [5, 5.41) is 8.78. The van der Waals surface area contributed by atoms with Gasteiger partial charge in [0.1, 0.15) is 5.82 Å². The van der Waals surface area contributed by atoms with Crippen LogP contribution in [0.25, 0.3) is 0 Å². The van der Waals surface area contributed by atoms with Crippen molar-refractivity contribution in [3.8, 4) is 0 Å². The van der Waals surface area contributed by atoms with Crippen LogP contribution in [0.5, 0.6) is 0 Å². The first kappa shape index (κ1) is 16.0. The molecule has 21 heavy (non-hydrogen) atoms. The van der Waals surface area contributed by atoms with E-state index in [2.05, 4.69) is 4.72 Å². The summed E-state index contributed by atoms with van der Waals surface area (Å²) < 4.78 is 40.8. The topological polar surface area (TPSA) is 86.7 Å². The van der Waals surface area contributed by atoms with Gasteiger partial charge in [0.25, 0.3) is 0 Å². The van der Waals surface area contributed by atoms with E-state index in [9.17, 15) is 17.6 Å². The molecule has 0 radical (unpaired) electrons. The maximum Gasteiger partial charge on any atom is 0.307 e. The Labute approximate surface area is 126 Å². The molecule has 0 bridgehead atoms. The second-order valence-electron chi connectivity index (χ2n) is 4.77. The van der Waals surface area contributed by atoms with Gasteiger partial charge in [-0.1, -0.05) is 11.6 Å². The van der Waals surface area contributed by atoms with Crippen LogP contribution in [-0.2, 0) is 15.0 Å². The number of hydrogen-bond donors (Lipinski definition) is 2. The second kappa shape index (κ2) is 6.17. The zero-order chi connectivity index (χ0) is 15.6. The average Bonchev–Trinajstić information content (AvgIpc) is 2.43. The van der Waals surface area contributed by atoms with E-state index in [0.29, 0.717) is 12.8 Å². The molecule has 1 fully saturated rings. The van der Waals surface area contributed by atoms with Gasteiger partial charge in [0, 0.05) is 13.1 Å². The van der Waals surface area contributed by atoms with Crippen molar-refractivity contribution in [3.05, 3.63) is 29.0 Å². The molecular formula is C12H14ClFN2O4S. The Morgan fingerprint density at radius 1 is 1.48 bits per heavy atom. The van der Waals surface area contributed by atoms with Gasteiger partial charge >= 0.3 is 16.2 Å². The van der Waals surface area contributed by atoms with Gasteiger partial charge in [-0.2, -0.15) is 12.7 Å². The van der Waals surface area contributed by atoms with E-state index in [-0.39, 0.29) is 23.8 Å². The number of nitrogens with one attached hydrogen (secondary N) is 1. The zero-order valence-corrected chi connectivity index (χ0v) is 12.5. The summed E-state index contributed by atoms with van der Waals surface area (Å²) in [6.07, 6.45) is 0.922. The highest BCUT2D eigenvalue weighted by molar-refractivity contribution is 7.90. The van der Waals surface area contributed by atoms with Crippen LogP contribution < -0.4 is 4.72 Å². The zero-order valence-electron chi connectivity index (χ0n) is 10.9. The summed E-state index contributed by atoms with van der Waals surface area (Å²) in [6, 6.07) is 3.46. The van der Waals surface area contributed by atoms with E-state index < -0.39 is 27.9 Å². The molecule has 0 amide bonds. The number of carboxylic acids is 1. The number of anilines is 1. The third kappa shape index (κ3) is 3.84. The Bertz CT molecular complexity index is 653. The fourth-order valence-corrected chi connectivity index (χ4v) is 3.62. The first-order chi connectivity index (χ1) is 9.79. The number of rotatable bonds is 4. The molecule has 0 saturated carbocycles. The van der Waals surface area contributed by atoms with Crippen molar-refractivity contribution in [2.24, 2.45) is 5.92 Å². The number of hydrogen-bond acceptors (Lipinski definition) is 3. The lowest BCUT2D eigenvalue weighted by Crippen LogP contribution is -2.44. The van der Waals surface area contributed by atoms with Gasteiger partial charge in [-0.3, -0.25) is 9.52 Å². The van der Waals surface area contributed by atoms with Gasteiger partial charge in [-0.25, -0.2) is 4.39 Å². The number of aliphatic carboxylic acids is 1. The number of piperidine rings is 1. The largest absolute Gasteiger partial charge is 0.481 e. The van der Waals surface area contributed by atoms with Crippen molar-refractivity contribution in [2.75, 3.05) is 17.8 Å². The van der Waals surface area contributed by atoms with Crippen LogP contribution >= 0.6 is 11.6 Å². The highest BCUT2D eigenvalue weighted by Gasteiger charge is 2.32. The van der Waals surface area contributed by atoms with Crippen LogP contribution in [0.15, 0.2) is 18.2 Å². The monoisotopic (exact) mass is 336 g/mol. The summed E-state index contributed by atoms with van der Waals surface area (Å²) in [4.78, 5) is 11.0. The van der Waals surface area contributed by atoms with Gasteiger partial charge in [0.15, 0.2) is 0 Å². The van der Waals surface area contributed by atoms with Gasteiger partial charge in [-0.15, -0.1) is 0 Å². The van der Waals surface area contributed by atoms with Crippen molar-refractivity contribution in [1.29, 1.82) is 0 Å². The van der Waals surface area contributed by atoms with Crippen LogP contribution in [0.4, 0.5) is 10.1 Å². The molecule has 2 N–H and O–H groups in total. The third-order valence-electron chi connectivity index (χ3n) is 3.24. The average molecular weight is 337 g/mol. The first-order valence-electron chi connectivity index (χ1n) is 6.25. The lowest BCUT2D eigenvalue weighted by atomic mass is 10.0. The van der Waals surface area contributed by atoms with Gasteiger partial charge in [-0.05, 0) is 31.0 Å². The fourth-order valence-electron chi connectivity index (χ4n) is 2.14. The van der Waals surface area contributed by atoms with Crippen LogP contribution in [-0.4, -0.2) is 36.9 Å². The third-order valence-corrected chi connectivity index (χ3v) is 5.03. The Hall–Kier alpha value is -1.38. The maximum absolute atomic E-state index is 13.0.